The van der Waals surface area contributed by atoms with E-state index < -0.39 is 17.9 Å². The van der Waals surface area contributed by atoms with Crippen molar-refractivity contribution in [1.82, 2.24) is 5.43 Å². The van der Waals surface area contributed by atoms with Crippen LogP contribution < -0.4 is 10.4 Å². The van der Waals surface area contributed by atoms with Crippen molar-refractivity contribution in [2.75, 3.05) is 5.01 Å². The number of carbonyl (C=O) groups excluding carboxylic acids is 2. The summed E-state index contributed by atoms with van der Waals surface area (Å²) < 4.78 is 0. The molecule has 0 spiro atoms. The number of azo groups is 1. The highest BCUT2D eigenvalue weighted by atomic mass is 16.2. The van der Waals surface area contributed by atoms with Gasteiger partial charge in [0.05, 0.1) is 11.4 Å². The van der Waals surface area contributed by atoms with Gasteiger partial charge in [0.15, 0.2) is 0 Å². The van der Waals surface area contributed by atoms with Crippen LogP contribution in [-0.2, 0) is 9.59 Å². The van der Waals surface area contributed by atoms with Gasteiger partial charge in [-0.15, -0.1) is 0 Å². The first-order chi connectivity index (χ1) is 10.6. The summed E-state index contributed by atoms with van der Waals surface area (Å²) >= 11 is 0. The zero-order chi connectivity index (χ0) is 15.5. The molecule has 3 rings (SSSR count). The van der Waals surface area contributed by atoms with Gasteiger partial charge in [-0.3, -0.25) is 15.0 Å². The third-order valence-corrected chi connectivity index (χ3v) is 3.26. The number of nitrogens with one attached hydrogen (secondary N) is 1. The van der Waals surface area contributed by atoms with Crippen LogP contribution in [0.4, 0.5) is 11.4 Å². The summed E-state index contributed by atoms with van der Waals surface area (Å²) in [5.41, 5.74) is 4.80. The number of hydrazine groups is 1. The minimum absolute atomic E-state index is 0.438. The average molecular weight is 294 g/mol. The third kappa shape index (κ3) is 2.71. The molecule has 0 unspecified atom stereocenters. The van der Waals surface area contributed by atoms with Gasteiger partial charge < -0.3 is 0 Å². The highest BCUT2D eigenvalue weighted by Crippen LogP contribution is 2.20. The summed E-state index contributed by atoms with van der Waals surface area (Å²) in [6, 6.07) is 15.1. The smallest absolute Gasteiger partial charge is 0.270 e. The van der Waals surface area contributed by atoms with Crippen LogP contribution in [0.25, 0.3) is 0 Å². The van der Waals surface area contributed by atoms with E-state index >= 15 is 0 Å². The van der Waals surface area contributed by atoms with Crippen molar-refractivity contribution in [2.24, 2.45) is 10.2 Å². The first-order valence-electron chi connectivity index (χ1n) is 6.82. The van der Waals surface area contributed by atoms with Crippen molar-refractivity contribution in [3.05, 3.63) is 60.2 Å². The van der Waals surface area contributed by atoms with Gasteiger partial charge in [-0.25, -0.2) is 5.01 Å². The van der Waals surface area contributed by atoms with Gasteiger partial charge >= 0.3 is 0 Å². The molecule has 1 N–H and O–H groups in total. The summed E-state index contributed by atoms with van der Waals surface area (Å²) in [7, 11) is 0. The molecule has 0 saturated carbocycles. The minimum Gasteiger partial charge on any atom is -0.270 e. The number of hydrogen-bond acceptors (Lipinski definition) is 4. The second kappa shape index (κ2) is 5.77. The van der Waals surface area contributed by atoms with Crippen molar-refractivity contribution < 1.29 is 9.59 Å². The predicted molar refractivity (Wildman–Crippen MR) is 81.6 cm³/mol. The molecule has 1 aliphatic heterocycles. The molecule has 1 atom stereocenters. The first kappa shape index (κ1) is 13.9. The molecule has 22 heavy (non-hydrogen) atoms. The molecule has 0 radical (unpaired) electrons. The monoisotopic (exact) mass is 294 g/mol. The maximum atomic E-state index is 12.3. The van der Waals surface area contributed by atoms with Crippen LogP contribution in [0.1, 0.15) is 5.56 Å². The molecule has 2 amide bonds. The number of nitrogens with zero attached hydrogens (tertiary/aromatic N) is 3. The van der Waals surface area contributed by atoms with E-state index in [1.54, 1.807) is 36.4 Å². The summed E-state index contributed by atoms with van der Waals surface area (Å²) in [5.74, 6) is -0.920. The van der Waals surface area contributed by atoms with Gasteiger partial charge in [-0.1, -0.05) is 35.9 Å². The Morgan fingerprint density at radius 1 is 1.00 bits per heavy atom. The minimum atomic E-state index is -1.15. The van der Waals surface area contributed by atoms with Crippen LogP contribution in [0, 0.1) is 6.92 Å². The molecule has 0 aliphatic carbocycles. The summed E-state index contributed by atoms with van der Waals surface area (Å²) in [4.78, 5) is 24.2. The standard InChI is InChI=1S/C16H14N4O2/c1-11-7-9-12(10-8-11)17-18-14-15(21)19-20(16(14)22)13-5-3-2-4-6-13/h2-10,14H,1H3,(H,19,21)/t14-/m1/s1. The van der Waals surface area contributed by atoms with Crippen molar-refractivity contribution in [3.8, 4) is 0 Å². The van der Waals surface area contributed by atoms with E-state index in [0.717, 1.165) is 5.56 Å². The van der Waals surface area contributed by atoms with E-state index in [-0.39, 0.29) is 0 Å². The zero-order valence-electron chi connectivity index (χ0n) is 11.9. The maximum Gasteiger partial charge on any atom is 0.282 e. The number of rotatable bonds is 3. The van der Waals surface area contributed by atoms with Crippen molar-refractivity contribution in [1.29, 1.82) is 0 Å². The molecular weight excluding hydrogens is 280 g/mol. The van der Waals surface area contributed by atoms with E-state index in [2.05, 4.69) is 15.7 Å². The molecule has 1 saturated heterocycles. The highest BCUT2D eigenvalue weighted by Gasteiger charge is 2.40. The molecular formula is C16H14N4O2. The molecule has 1 heterocycles. The fraction of sp³-hybridized carbons (Fsp3) is 0.125. The van der Waals surface area contributed by atoms with Gasteiger partial charge in [-0.2, -0.15) is 10.2 Å². The number of hydrogen-bond donors (Lipinski definition) is 1. The number of carbonyl (C=O) groups is 2. The number of para-hydroxylation sites is 1. The topological polar surface area (TPSA) is 74.1 Å². The maximum absolute atomic E-state index is 12.3. The molecule has 2 aromatic rings. The van der Waals surface area contributed by atoms with Crippen LogP contribution in [0.15, 0.2) is 64.8 Å². The molecule has 2 aromatic carbocycles. The quantitative estimate of drug-likeness (QED) is 0.697. The summed E-state index contributed by atoms with van der Waals surface area (Å²) in [5, 5.41) is 9.05. The van der Waals surface area contributed by atoms with Crippen LogP contribution in [0.5, 0.6) is 0 Å². The Morgan fingerprint density at radius 3 is 2.36 bits per heavy atom. The van der Waals surface area contributed by atoms with E-state index in [1.807, 2.05) is 25.1 Å². The second-order valence-electron chi connectivity index (χ2n) is 4.94. The van der Waals surface area contributed by atoms with E-state index in [9.17, 15) is 9.59 Å². The van der Waals surface area contributed by atoms with Gasteiger partial charge in [-0.05, 0) is 31.2 Å². The molecule has 6 nitrogen and oxygen atoms in total. The summed E-state index contributed by atoms with van der Waals surface area (Å²) in [6.45, 7) is 1.96. The zero-order valence-corrected chi connectivity index (χ0v) is 11.9. The Kier molecular flexibility index (Phi) is 3.65. The van der Waals surface area contributed by atoms with Crippen molar-refractivity contribution in [3.63, 3.8) is 0 Å². The Hall–Kier alpha value is -3.02. The van der Waals surface area contributed by atoms with Crippen molar-refractivity contribution in [2.45, 2.75) is 13.0 Å². The third-order valence-electron chi connectivity index (χ3n) is 3.26. The lowest BCUT2D eigenvalue weighted by atomic mass is 10.2. The van der Waals surface area contributed by atoms with Gasteiger partial charge in [0.25, 0.3) is 11.8 Å². The average Bonchev–Trinajstić information content (AvgIpc) is 2.82. The lowest BCUT2D eigenvalue weighted by Crippen LogP contribution is -2.35. The number of anilines is 1. The summed E-state index contributed by atoms with van der Waals surface area (Å²) in [6.07, 6.45) is 0. The van der Waals surface area contributed by atoms with E-state index in [0.29, 0.717) is 11.4 Å². The number of benzene rings is 2. The Bertz CT molecular complexity index is 726. The molecule has 1 aliphatic rings. The van der Waals surface area contributed by atoms with E-state index in [1.165, 1.54) is 5.01 Å². The fourth-order valence-electron chi connectivity index (χ4n) is 2.07. The normalized spacial score (nSPS) is 18.0. The Labute approximate surface area is 127 Å². The molecule has 110 valence electrons. The Morgan fingerprint density at radius 2 is 1.68 bits per heavy atom. The van der Waals surface area contributed by atoms with Crippen LogP contribution >= 0.6 is 0 Å². The predicted octanol–water partition coefficient (Wildman–Crippen LogP) is 2.53. The molecule has 0 bridgehead atoms. The Balaban J connectivity index is 1.79. The second-order valence-corrected chi connectivity index (χ2v) is 4.94. The van der Waals surface area contributed by atoms with Crippen LogP contribution in [-0.4, -0.2) is 17.9 Å². The van der Waals surface area contributed by atoms with Gasteiger partial charge in [0.1, 0.15) is 0 Å². The molecule has 1 fully saturated rings. The van der Waals surface area contributed by atoms with E-state index in [4.69, 9.17) is 0 Å². The first-order valence-corrected chi connectivity index (χ1v) is 6.82. The highest BCUT2D eigenvalue weighted by molar-refractivity contribution is 6.17. The van der Waals surface area contributed by atoms with Gasteiger partial charge in [0, 0.05) is 0 Å². The number of amides is 2. The van der Waals surface area contributed by atoms with Crippen LogP contribution in [0.3, 0.4) is 0 Å². The SMILES string of the molecule is Cc1ccc(N=N[C@@H]2C(=O)NN(c3ccccc3)C2=O)cc1. The molecule has 6 heteroatoms. The lowest BCUT2D eigenvalue weighted by molar-refractivity contribution is -0.123. The largest absolute Gasteiger partial charge is 0.282 e. The van der Waals surface area contributed by atoms with Crippen molar-refractivity contribution >= 4 is 23.2 Å². The lowest BCUT2D eigenvalue weighted by Gasteiger charge is -2.14. The van der Waals surface area contributed by atoms with Crippen LogP contribution in [0.2, 0.25) is 0 Å². The van der Waals surface area contributed by atoms with Gasteiger partial charge in [0.2, 0.25) is 6.04 Å². The number of aryl methyl sites for hydroxylation is 1. The fourth-order valence-corrected chi connectivity index (χ4v) is 2.07. The molecule has 0 aromatic heterocycles.